The van der Waals surface area contributed by atoms with Crippen molar-refractivity contribution in [1.29, 1.82) is 0 Å². The van der Waals surface area contributed by atoms with Crippen molar-refractivity contribution < 1.29 is 9.90 Å². The van der Waals surface area contributed by atoms with E-state index in [9.17, 15) is 4.79 Å². The first kappa shape index (κ1) is 6.80. The minimum Gasteiger partial charge on any atom is -0.465 e. The van der Waals surface area contributed by atoms with Crippen LogP contribution in [0.2, 0.25) is 0 Å². The Hall–Kier alpha value is -1.32. The van der Waals surface area contributed by atoms with Gasteiger partial charge in [0.05, 0.1) is 13.1 Å². The molecule has 0 atom stereocenters. The molecule has 0 aromatic rings. The Kier molecular flexibility index (Phi) is 1.71. The van der Waals surface area contributed by atoms with Gasteiger partial charge in [-0.15, -0.1) is 0 Å². The minimum absolute atomic E-state index is 0.451. The summed E-state index contributed by atoms with van der Waals surface area (Å²) >= 11 is 0. The first-order valence-corrected chi connectivity index (χ1v) is 2.93. The third-order valence-electron chi connectivity index (χ3n) is 1.29. The van der Waals surface area contributed by atoms with E-state index in [2.05, 4.69) is 11.6 Å². The summed E-state index contributed by atoms with van der Waals surface area (Å²) in [7, 11) is 0. The standard InChI is InChI=1S/C6H8N2O2/c1-2-5-7-3-4-8(5)6(9)10/h2H,1,3-4H2,(H,9,10). The molecule has 1 amide bonds. The number of carbonyl (C=O) groups is 1. The van der Waals surface area contributed by atoms with Gasteiger partial charge in [0.2, 0.25) is 0 Å². The zero-order valence-corrected chi connectivity index (χ0v) is 5.45. The summed E-state index contributed by atoms with van der Waals surface area (Å²) in [5.74, 6) is 0.451. The van der Waals surface area contributed by atoms with Crippen LogP contribution in [-0.2, 0) is 0 Å². The van der Waals surface area contributed by atoms with Gasteiger partial charge in [0.15, 0.2) is 0 Å². The van der Waals surface area contributed by atoms with E-state index in [1.807, 2.05) is 0 Å². The SMILES string of the molecule is C=CC1=NCCN1C(=O)O. The Morgan fingerprint density at radius 3 is 3.00 bits per heavy atom. The van der Waals surface area contributed by atoms with Crippen LogP contribution in [0.1, 0.15) is 0 Å². The number of carboxylic acid groups (broad SMARTS) is 1. The maximum absolute atomic E-state index is 10.4. The smallest absolute Gasteiger partial charge is 0.413 e. The van der Waals surface area contributed by atoms with Crippen LogP contribution in [0.5, 0.6) is 0 Å². The van der Waals surface area contributed by atoms with Crippen molar-refractivity contribution in [2.24, 2.45) is 4.99 Å². The number of aliphatic imine (C=N–C) groups is 1. The maximum atomic E-state index is 10.4. The van der Waals surface area contributed by atoms with Crippen molar-refractivity contribution in [3.8, 4) is 0 Å². The summed E-state index contributed by atoms with van der Waals surface area (Å²) in [6, 6.07) is 0. The van der Waals surface area contributed by atoms with E-state index in [-0.39, 0.29) is 0 Å². The molecule has 10 heavy (non-hydrogen) atoms. The van der Waals surface area contributed by atoms with Crippen molar-refractivity contribution >= 4 is 11.9 Å². The van der Waals surface area contributed by atoms with Crippen molar-refractivity contribution in [2.75, 3.05) is 13.1 Å². The second kappa shape index (κ2) is 2.51. The topological polar surface area (TPSA) is 52.9 Å². The number of amidine groups is 1. The predicted molar refractivity (Wildman–Crippen MR) is 37.2 cm³/mol. The van der Waals surface area contributed by atoms with Gasteiger partial charge in [-0.1, -0.05) is 6.58 Å². The predicted octanol–water partition coefficient (Wildman–Crippen LogP) is 0.565. The van der Waals surface area contributed by atoms with Crippen LogP contribution in [0, 0.1) is 0 Å². The third kappa shape index (κ3) is 1.00. The fourth-order valence-electron chi connectivity index (χ4n) is 0.833. The quantitative estimate of drug-likeness (QED) is 0.578. The Morgan fingerprint density at radius 2 is 2.60 bits per heavy atom. The van der Waals surface area contributed by atoms with E-state index in [0.717, 1.165) is 0 Å². The Balaban J connectivity index is 2.72. The molecule has 0 fully saturated rings. The summed E-state index contributed by atoms with van der Waals surface area (Å²) in [5.41, 5.74) is 0. The maximum Gasteiger partial charge on any atom is 0.413 e. The van der Waals surface area contributed by atoms with Gasteiger partial charge in [0, 0.05) is 0 Å². The normalized spacial score (nSPS) is 16.8. The van der Waals surface area contributed by atoms with Gasteiger partial charge in [-0.25, -0.2) is 4.79 Å². The number of hydrogen-bond donors (Lipinski definition) is 1. The Bertz CT molecular complexity index is 198. The number of nitrogens with zero attached hydrogens (tertiary/aromatic N) is 2. The van der Waals surface area contributed by atoms with Crippen molar-refractivity contribution in [3.63, 3.8) is 0 Å². The van der Waals surface area contributed by atoms with Crippen LogP contribution in [0.25, 0.3) is 0 Å². The Morgan fingerprint density at radius 1 is 1.90 bits per heavy atom. The van der Waals surface area contributed by atoms with Crippen molar-refractivity contribution in [3.05, 3.63) is 12.7 Å². The van der Waals surface area contributed by atoms with E-state index in [1.54, 1.807) is 0 Å². The fourth-order valence-corrected chi connectivity index (χ4v) is 0.833. The lowest BCUT2D eigenvalue weighted by molar-refractivity contribution is 0.172. The van der Waals surface area contributed by atoms with Gasteiger partial charge < -0.3 is 5.11 Å². The molecule has 4 heteroatoms. The highest BCUT2D eigenvalue weighted by molar-refractivity contribution is 6.02. The Labute approximate surface area is 58.5 Å². The first-order chi connectivity index (χ1) is 4.75. The fraction of sp³-hybridized carbons (Fsp3) is 0.333. The molecule has 0 bridgehead atoms. The lowest BCUT2D eigenvalue weighted by Crippen LogP contribution is -2.31. The summed E-state index contributed by atoms with van der Waals surface area (Å²) in [5, 5.41) is 8.51. The molecule has 54 valence electrons. The molecule has 0 saturated carbocycles. The van der Waals surface area contributed by atoms with E-state index >= 15 is 0 Å². The van der Waals surface area contributed by atoms with Crippen LogP contribution in [0.4, 0.5) is 4.79 Å². The summed E-state index contributed by atoms with van der Waals surface area (Å²) < 4.78 is 0. The van der Waals surface area contributed by atoms with Crippen LogP contribution >= 0.6 is 0 Å². The lowest BCUT2D eigenvalue weighted by Gasteiger charge is -2.09. The summed E-state index contributed by atoms with van der Waals surface area (Å²) in [4.78, 5) is 15.4. The molecule has 1 aliphatic rings. The van der Waals surface area contributed by atoms with Gasteiger partial charge in [-0.05, 0) is 6.08 Å². The molecular weight excluding hydrogens is 132 g/mol. The van der Waals surface area contributed by atoms with E-state index in [4.69, 9.17) is 5.11 Å². The second-order valence-electron chi connectivity index (χ2n) is 1.88. The molecule has 0 radical (unpaired) electrons. The summed E-state index contributed by atoms with van der Waals surface area (Å²) in [6.45, 7) is 4.44. The largest absolute Gasteiger partial charge is 0.465 e. The van der Waals surface area contributed by atoms with Crippen LogP contribution < -0.4 is 0 Å². The van der Waals surface area contributed by atoms with Gasteiger partial charge >= 0.3 is 6.09 Å². The number of rotatable bonds is 1. The third-order valence-corrected chi connectivity index (χ3v) is 1.29. The molecule has 1 aliphatic heterocycles. The molecule has 0 unspecified atom stereocenters. The van der Waals surface area contributed by atoms with Crippen LogP contribution in [-0.4, -0.2) is 35.0 Å². The first-order valence-electron chi connectivity index (χ1n) is 2.93. The van der Waals surface area contributed by atoms with Gasteiger partial charge in [-0.2, -0.15) is 0 Å². The van der Waals surface area contributed by atoms with Gasteiger partial charge in [-0.3, -0.25) is 9.89 Å². The van der Waals surface area contributed by atoms with Gasteiger partial charge in [0.25, 0.3) is 0 Å². The van der Waals surface area contributed by atoms with Crippen molar-refractivity contribution in [2.45, 2.75) is 0 Å². The number of amides is 1. The molecule has 1 heterocycles. The van der Waals surface area contributed by atoms with Crippen molar-refractivity contribution in [1.82, 2.24) is 4.90 Å². The molecular formula is C6H8N2O2. The second-order valence-corrected chi connectivity index (χ2v) is 1.88. The minimum atomic E-state index is -0.962. The molecule has 4 nitrogen and oxygen atoms in total. The highest BCUT2D eigenvalue weighted by Crippen LogP contribution is 2.01. The highest BCUT2D eigenvalue weighted by atomic mass is 16.4. The van der Waals surface area contributed by atoms with E-state index in [1.165, 1.54) is 11.0 Å². The zero-order valence-electron chi connectivity index (χ0n) is 5.45. The molecule has 0 aromatic carbocycles. The molecule has 1 rings (SSSR count). The van der Waals surface area contributed by atoms with Gasteiger partial charge in [0.1, 0.15) is 5.84 Å². The summed E-state index contributed by atoms with van der Waals surface area (Å²) in [6.07, 6.45) is 0.484. The molecule has 1 N–H and O–H groups in total. The number of hydrogen-bond acceptors (Lipinski definition) is 2. The average Bonchev–Trinajstić information content (AvgIpc) is 2.33. The van der Waals surface area contributed by atoms with E-state index < -0.39 is 6.09 Å². The molecule has 0 saturated heterocycles. The van der Waals surface area contributed by atoms with Crippen LogP contribution in [0.15, 0.2) is 17.6 Å². The van der Waals surface area contributed by atoms with Crippen LogP contribution in [0.3, 0.4) is 0 Å². The lowest BCUT2D eigenvalue weighted by atomic mass is 10.5. The molecule has 0 aromatic heterocycles. The molecule has 0 spiro atoms. The average molecular weight is 140 g/mol. The highest BCUT2D eigenvalue weighted by Gasteiger charge is 2.19. The zero-order chi connectivity index (χ0) is 7.56. The van der Waals surface area contributed by atoms with E-state index in [0.29, 0.717) is 18.9 Å². The monoisotopic (exact) mass is 140 g/mol. The molecule has 0 aliphatic carbocycles.